The van der Waals surface area contributed by atoms with Crippen LogP contribution in [-0.2, 0) is 20.1 Å². The Morgan fingerprint density at radius 1 is 1.06 bits per heavy atom. The van der Waals surface area contributed by atoms with Crippen molar-refractivity contribution in [3.8, 4) is 5.75 Å². The summed E-state index contributed by atoms with van der Waals surface area (Å²) in [5.74, 6) is 3.03. The number of hydrogen-bond donors (Lipinski definition) is 3. The molecule has 1 aromatic heterocycles. The Morgan fingerprint density at radius 3 is 2.41 bits per heavy atom. The average molecular weight is 437 g/mol. The summed E-state index contributed by atoms with van der Waals surface area (Å²) in [4.78, 5) is 4.66. The number of rotatable bonds is 9. The van der Waals surface area contributed by atoms with E-state index in [-0.39, 0.29) is 6.10 Å². The number of aliphatic hydroxyl groups excluding tert-OH is 1. The van der Waals surface area contributed by atoms with Gasteiger partial charge >= 0.3 is 0 Å². The number of aromatic nitrogens is 3. The van der Waals surface area contributed by atoms with Crippen molar-refractivity contribution in [1.29, 1.82) is 0 Å². The van der Waals surface area contributed by atoms with E-state index in [0.717, 1.165) is 28.5 Å². The quantitative estimate of drug-likeness (QED) is 0.353. The zero-order chi connectivity index (χ0) is 22.9. The van der Waals surface area contributed by atoms with Gasteiger partial charge in [-0.25, -0.2) is 4.99 Å². The van der Waals surface area contributed by atoms with E-state index in [2.05, 4.69) is 25.8 Å². The Kier molecular flexibility index (Phi) is 8.21. The van der Waals surface area contributed by atoms with E-state index in [1.54, 1.807) is 0 Å². The van der Waals surface area contributed by atoms with E-state index in [1.165, 1.54) is 0 Å². The van der Waals surface area contributed by atoms with E-state index in [9.17, 15) is 5.11 Å². The number of benzene rings is 2. The number of aryl methyl sites for hydroxylation is 1. The average Bonchev–Trinajstić information content (AvgIpc) is 3.11. The molecule has 32 heavy (non-hydrogen) atoms. The number of hydrogen-bond acceptors (Lipinski definition) is 5. The summed E-state index contributed by atoms with van der Waals surface area (Å²) in [5.41, 5.74) is 1.91. The minimum atomic E-state index is -0.691. The van der Waals surface area contributed by atoms with Gasteiger partial charge in [-0.3, -0.25) is 0 Å². The van der Waals surface area contributed by atoms with Crippen LogP contribution in [0.25, 0.3) is 0 Å². The molecule has 1 unspecified atom stereocenters. The van der Waals surface area contributed by atoms with Crippen LogP contribution in [0.2, 0.25) is 0 Å². The minimum absolute atomic E-state index is 0.111. The van der Waals surface area contributed by atoms with Crippen molar-refractivity contribution in [3.63, 3.8) is 0 Å². The summed E-state index contributed by atoms with van der Waals surface area (Å²) >= 11 is 0. The number of aliphatic imine (C=N–C) groups is 1. The molecular weight excluding hydrogens is 404 g/mol. The van der Waals surface area contributed by atoms with Crippen LogP contribution < -0.4 is 15.4 Å². The van der Waals surface area contributed by atoms with Crippen molar-refractivity contribution in [2.45, 2.75) is 46.1 Å². The van der Waals surface area contributed by atoms with Crippen LogP contribution >= 0.6 is 0 Å². The third-order valence-corrected chi connectivity index (χ3v) is 4.96. The smallest absolute Gasteiger partial charge is 0.192 e. The summed E-state index contributed by atoms with van der Waals surface area (Å²) in [5, 5.41) is 25.4. The monoisotopic (exact) mass is 436 g/mol. The molecule has 8 nitrogen and oxygen atoms in total. The Balaban J connectivity index is 1.63. The molecule has 0 aliphatic heterocycles. The van der Waals surface area contributed by atoms with Crippen molar-refractivity contribution in [2.75, 3.05) is 6.54 Å². The van der Waals surface area contributed by atoms with Gasteiger partial charge in [0.1, 0.15) is 11.6 Å². The summed E-state index contributed by atoms with van der Waals surface area (Å²) in [6.45, 7) is 7.17. The van der Waals surface area contributed by atoms with Crippen LogP contribution in [0.1, 0.15) is 42.7 Å². The van der Waals surface area contributed by atoms with Crippen molar-refractivity contribution in [2.24, 2.45) is 12.0 Å². The second-order valence-electron chi connectivity index (χ2n) is 7.86. The van der Waals surface area contributed by atoms with E-state index in [1.807, 2.05) is 87.0 Å². The third kappa shape index (κ3) is 6.81. The van der Waals surface area contributed by atoms with Crippen molar-refractivity contribution in [3.05, 3.63) is 77.4 Å². The lowest BCUT2D eigenvalue weighted by Crippen LogP contribution is -2.39. The first-order valence-corrected chi connectivity index (χ1v) is 10.8. The standard InChI is InChI=1S/C24H32N6O2/c1-17(2)32-21-12-10-20(11-13-21)22(31)15-26-24(25-14-19-8-6-5-7-9-19)27-16-23-29-28-18(3)30(23)4/h5-13,17,22,31H,14-16H2,1-4H3,(H2,25,26,27). The molecule has 3 rings (SSSR count). The second-order valence-corrected chi connectivity index (χ2v) is 7.86. The van der Waals surface area contributed by atoms with Crippen molar-refractivity contribution in [1.82, 2.24) is 25.4 Å². The van der Waals surface area contributed by atoms with Gasteiger partial charge < -0.3 is 25.0 Å². The molecular formula is C24H32N6O2. The van der Waals surface area contributed by atoms with Gasteiger partial charge in [0.05, 0.1) is 25.3 Å². The molecule has 8 heteroatoms. The first-order valence-electron chi connectivity index (χ1n) is 10.8. The topological polar surface area (TPSA) is 96.6 Å². The normalized spacial score (nSPS) is 12.6. The molecule has 0 spiro atoms. The molecule has 0 radical (unpaired) electrons. The van der Waals surface area contributed by atoms with Crippen LogP contribution in [0.5, 0.6) is 5.75 Å². The molecule has 0 bridgehead atoms. The van der Waals surface area contributed by atoms with Crippen LogP contribution in [0.4, 0.5) is 0 Å². The second kappa shape index (κ2) is 11.3. The Bertz CT molecular complexity index is 999. The molecule has 1 heterocycles. The molecule has 0 fully saturated rings. The van der Waals surface area contributed by atoms with Crippen LogP contribution in [0, 0.1) is 6.92 Å². The van der Waals surface area contributed by atoms with Gasteiger partial charge in [0, 0.05) is 13.6 Å². The molecule has 2 aromatic carbocycles. The van der Waals surface area contributed by atoms with Gasteiger partial charge in [0.25, 0.3) is 0 Å². The summed E-state index contributed by atoms with van der Waals surface area (Å²) < 4.78 is 7.60. The molecule has 0 saturated heterocycles. The molecule has 1 atom stereocenters. The lowest BCUT2D eigenvalue weighted by Gasteiger charge is -2.17. The van der Waals surface area contributed by atoms with Gasteiger partial charge in [-0.1, -0.05) is 42.5 Å². The number of nitrogens with zero attached hydrogens (tertiary/aromatic N) is 4. The van der Waals surface area contributed by atoms with E-state index < -0.39 is 6.10 Å². The Hall–Kier alpha value is -3.39. The maximum Gasteiger partial charge on any atom is 0.192 e. The highest BCUT2D eigenvalue weighted by atomic mass is 16.5. The fourth-order valence-electron chi connectivity index (χ4n) is 3.05. The van der Waals surface area contributed by atoms with Crippen molar-refractivity contribution >= 4 is 5.96 Å². The van der Waals surface area contributed by atoms with E-state index >= 15 is 0 Å². The fraction of sp³-hybridized carbons (Fsp3) is 0.375. The first kappa shape index (κ1) is 23.3. The summed E-state index contributed by atoms with van der Waals surface area (Å²) in [6.07, 6.45) is -0.580. The Morgan fingerprint density at radius 2 is 1.78 bits per heavy atom. The lowest BCUT2D eigenvalue weighted by molar-refractivity contribution is 0.180. The fourth-order valence-corrected chi connectivity index (χ4v) is 3.05. The van der Waals surface area contributed by atoms with Crippen molar-refractivity contribution < 1.29 is 9.84 Å². The SMILES string of the molecule is Cc1nnc(CNC(=NCc2ccccc2)NCC(O)c2ccc(OC(C)C)cc2)n1C. The van der Waals surface area contributed by atoms with Crippen LogP contribution in [-0.4, -0.2) is 38.5 Å². The number of nitrogens with one attached hydrogen (secondary N) is 2. The number of ether oxygens (including phenoxy) is 1. The van der Waals surface area contributed by atoms with Gasteiger partial charge in [-0.05, 0) is 44.0 Å². The van der Waals surface area contributed by atoms with Gasteiger partial charge in [-0.15, -0.1) is 10.2 Å². The van der Waals surface area contributed by atoms with Gasteiger partial charge in [0.15, 0.2) is 11.8 Å². The minimum Gasteiger partial charge on any atom is -0.491 e. The van der Waals surface area contributed by atoms with Gasteiger partial charge in [0.2, 0.25) is 0 Å². The lowest BCUT2D eigenvalue weighted by atomic mass is 10.1. The highest BCUT2D eigenvalue weighted by Crippen LogP contribution is 2.18. The van der Waals surface area contributed by atoms with E-state index in [4.69, 9.17) is 4.74 Å². The predicted molar refractivity (Wildman–Crippen MR) is 125 cm³/mol. The maximum atomic E-state index is 10.6. The highest BCUT2D eigenvalue weighted by Gasteiger charge is 2.11. The first-order chi connectivity index (χ1) is 15.4. The third-order valence-electron chi connectivity index (χ3n) is 4.96. The molecule has 3 N–H and O–H groups in total. The number of guanidine groups is 1. The zero-order valence-corrected chi connectivity index (χ0v) is 19.1. The molecule has 3 aromatic rings. The summed E-state index contributed by atoms with van der Waals surface area (Å²) in [6, 6.07) is 17.5. The molecule has 0 amide bonds. The molecule has 0 aliphatic carbocycles. The largest absolute Gasteiger partial charge is 0.491 e. The predicted octanol–water partition coefficient (Wildman–Crippen LogP) is 2.88. The van der Waals surface area contributed by atoms with Crippen LogP contribution in [0.15, 0.2) is 59.6 Å². The molecule has 0 saturated carbocycles. The maximum absolute atomic E-state index is 10.6. The van der Waals surface area contributed by atoms with Crippen LogP contribution in [0.3, 0.4) is 0 Å². The van der Waals surface area contributed by atoms with E-state index in [0.29, 0.717) is 25.6 Å². The Labute approximate surface area is 189 Å². The zero-order valence-electron chi connectivity index (χ0n) is 19.1. The summed E-state index contributed by atoms with van der Waals surface area (Å²) in [7, 11) is 1.93. The highest BCUT2D eigenvalue weighted by molar-refractivity contribution is 5.79. The molecule has 0 aliphatic rings. The van der Waals surface area contributed by atoms with Gasteiger partial charge in [-0.2, -0.15) is 0 Å². The molecule has 170 valence electrons. The number of aliphatic hydroxyl groups is 1.